The molecule has 11 heteroatoms. The van der Waals surface area contributed by atoms with Crippen LogP contribution >= 0.6 is 34.7 Å². The van der Waals surface area contributed by atoms with Gasteiger partial charge in [0.15, 0.2) is 0 Å². The van der Waals surface area contributed by atoms with Crippen molar-refractivity contribution in [2.45, 2.75) is 43.0 Å². The zero-order chi connectivity index (χ0) is 23.3. The monoisotopic (exact) mass is 511 g/mol. The second-order valence-corrected chi connectivity index (χ2v) is 10.6. The third-order valence-electron chi connectivity index (χ3n) is 5.57. The van der Waals surface area contributed by atoms with Gasteiger partial charge in [0.1, 0.15) is 10.6 Å². The van der Waals surface area contributed by atoms with E-state index in [9.17, 15) is 13.2 Å². The van der Waals surface area contributed by atoms with E-state index in [-0.39, 0.29) is 11.6 Å². The number of nitrogens with one attached hydrogen (secondary N) is 2. The molecule has 1 aliphatic heterocycles. The lowest BCUT2D eigenvalue weighted by atomic mass is 10.1. The van der Waals surface area contributed by atoms with Gasteiger partial charge in [-0.3, -0.25) is 4.90 Å². The Balaban J connectivity index is 1.52. The van der Waals surface area contributed by atoms with Gasteiger partial charge < -0.3 is 10.6 Å². The fourth-order valence-corrected chi connectivity index (χ4v) is 6.00. The van der Waals surface area contributed by atoms with Crippen molar-refractivity contribution in [2.75, 3.05) is 23.9 Å². The average Bonchev–Trinajstić information content (AvgIpc) is 3.36. The van der Waals surface area contributed by atoms with Crippen molar-refractivity contribution in [3.63, 3.8) is 0 Å². The van der Waals surface area contributed by atoms with Gasteiger partial charge in [-0.25, -0.2) is 9.97 Å². The Kier molecular flexibility index (Phi) is 5.97. The Morgan fingerprint density at radius 3 is 2.58 bits per heavy atom. The number of thioether (sulfide) groups is 1. The molecular weight excluding hydrogens is 491 g/mol. The van der Waals surface area contributed by atoms with E-state index in [1.54, 1.807) is 6.07 Å². The third-order valence-corrected chi connectivity index (χ3v) is 7.85. The first kappa shape index (κ1) is 22.8. The van der Waals surface area contributed by atoms with Crippen LogP contribution in [0.1, 0.15) is 29.5 Å². The third kappa shape index (κ3) is 4.80. The Bertz CT molecular complexity index is 1210. The van der Waals surface area contributed by atoms with Crippen LogP contribution in [0.4, 0.5) is 29.8 Å². The highest BCUT2D eigenvalue weighted by Crippen LogP contribution is 2.45. The smallest absolute Gasteiger partial charge is 0.373 e. The maximum absolute atomic E-state index is 13.8. The molecule has 1 fully saturated rings. The quantitative estimate of drug-likeness (QED) is 0.352. The fraction of sp³-hybridized carbons (Fsp3) is 0.364. The van der Waals surface area contributed by atoms with Crippen LogP contribution in [0, 0.1) is 0 Å². The Labute approximate surface area is 202 Å². The summed E-state index contributed by atoms with van der Waals surface area (Å²) in [6.45, 7) is 1.59. The Morgan fingerprint density at radius 2 is 1.91 bits per heavy atom. The molecule has 0 atom stereocenters. The average molecular weight is 512 g/mol. The SMILES string of the molecule is CSc1cc(-c2nc(Nc3cc4c(cc3Cl)CN(C)C4)ncc2C(F)(F)F)sc1NC1CC1. The number of aromatic nitrogens is 2. The van der Waals surface area contributed by atoms with E-state index in [1.165, 1.54) is 23.1 Å². The molecule has 3 aromatic rings. The largest absolute Gasteiger partial charge is 0.420 e. The molecule has 5 nitrogen and oxygen atoms in total. The van der Waals surface area contributed by atoms with Gasteiger partial charge in [0.2, 0.25) is 5.95 Å². The molecule has 2 N–H and O–H groups in total. The second-order valence-electron chi connectivity index (χ2n) is 8.28. The van der Waals surface area contributed by atoms with Crippen molar-refractivity contribution in [1.82, 2.24) is 14.9 Å². The van der Waals surface area contributed by atoms with Gasteiger partial charge in [-0.05, 0) is 55.5 Å². The minimum atomic E-state index is -4.57. The number of halogens is 4. The molecule has 0 unspecified atom stereocenters. The highest BCUT2D eigenvalue weighted by atomic mass is 35.5. The zero-order valence-corrected chi connectivity index (χ0v) is 20.3. The summed E-state index contributed by atoms with van der Waals surface area (Å²) in [5.74, 6) is 0.0713. The first-order valence-corrected chi connectivity index (χ1v) is 12.8. The summed E-state index contributed by atoms with van der Waals surface area (Å²) in [4.78, 5) is 11.8. The van der Waals surface area contributed by atoms with Gasteiger partial charge >= 0.3 is 6.18 Å². The first-order chi connectivity index (χ1) is 15.7. The molecule has 0 amide bonds. The number of hydrogen-bond donors (Lipinski definition) is 2. The van der Waals surface area contributed by atoms with Crippen molar-refractivity contribution >= 4 is 51.3 Å². The molecule has 1 aliphatic carbocycles. The number of nitrogens with zero attached hydrogens (tertiary/aromatic N) is 3. The fourth-order valence-electron chi connectivity index (χ4n) is 3.80. The van der Waals surface area contributed by atoms with Crippen molar-refractivity contribution in [1.29, 1.82) is 0 Å². The first-order valence-electron chi connectivity index (χ1n) is 10.4. The van der Waals surface area contributed by atoms with E-state index in [0.29, 0.717) is 21.6 Å². The summed E-state index contributed by atoms with van der Waals surface area (Å²) in [6, 6.07) is 5.96. The van der Waals surface area contributed by atoms with Crippen molar-refractivity contribution in [2.24, 2.45) is 0 Å². The molecule has 2 aliphatic rings. The highest BCUT2D eigenvalue weighted by molar-refractivity contribution is 7.99. The molecule has 1 aromatic carbocycles. The van der Waals surface area contributed by atoms with Crippen LogP contribution in [-0.2, 0) is 19.3 Å². The molecule has 174 valence electrons. The Morgan fingerprint density at radius 1 is 1.18 bits per heavy atom. The summed E-state index contributed by atoms with van der Waals surface area (Å²) in [7, 11) is 2.02. The van der Waals surface area contributed by atoms with Crippen LogP contribution in [-0.4, -0.2) is 34.2 Å². The number of benzene rings is 1. The lowest BCUT2D eigenvalue weighted by Gasteiger charge is -2.14. The normalized spacial score (nSPS) is 16.2. The molecule has 33 heavy (non-hydrogen) atoms. The second kappa shape index (κ2) is 8.65. The standard InChI is InChI=1S/C22H21ClF3N5S2/c1-31-9-11-5-15(23)16(6-12(11)10-31)29-21-27-8-14(22(24,25)26)19(30-21)17-7-18(32-2)20(33-17)28-13-3-4-13/h5-8,13,28H,3-4,9-10H2,1-2H3,(H,27,29,30). The minimum Gasteiger partial charge on any atom is -0.373 e. The number of alkyl halides is 3. The minimum absolute atomic E-state index is 0.0713. The number of fused-ring (bicyclic) bond motifs is 1. The topological polar surface area (TPSA) is 53.1 Å². The summed E-state index contributed by atoms with van der Waals surface area (Å²) in [6.07, 6.45) is 0.333. The molecule has 2 aromatic heterocycles. The number of thiophene rings is 1. The molecule has 0 radical (unpaired) electrons. The lowest BCUT2D eigenvalue weighted by Crippen LogP contribution is -2.11. The molecule has 5 rings (SSSR count). The van der Waals surface area contributed by atoms with Gasteiger partial charge in [-0.1, -0.05) is 11.6 Å². The molecule has 3 heterocycles. The van der Waals surface area contributed by atoms with E-state index in [0.717, 1.165) is 53.2 Å². The van der Waals surface area contributed by atoms with Gasteiger partial charge in [-0.15, -0.1) is 23.1 Å². The lowest BCUT2D eigenvalue weighted by molar-refractivity contribution is -0.137. The number of anilines is 3. The summed E-state index contributed by atoms with van der Waals surface area (Å²) in [5, 5.41) is 7.80. The maximum Gasteiger partial charge on any atom is 0.420 e. The number of hydrogen-bond acceptors (Lipinski definition) is 7. The van der Waals surface area contributed by atoms with Crippen molar-refractivity contribution in [3.8, 4) is 10.6 Å². The summed E-state index contributed by atoms with van der Waals surface area (Å²) < 4.78 is 41.4. The molecule has 0 saturated heterocycles. The van der Waals surface area contributed by atoms with Crippen LogP contribution in [0.2, 0.25) is 5.02 Å². The predicted molar refractivity (Wildman–Crippen MR) is 129 cm³/mol. The summed E-state index contributed by atoms with van der Waals surface area (Å²) >= 11 is 9.23. The van der Waals surface area contributed by atoms with Crippen LogP contribution in [0.15, 0.2) is 29.3 Å². The van der Waals surface area contributed by atoms with E-state index in [1.807, 2.05) is 25.4 Å². The van der Waals surface area contributed by atoms with Crippen LogP contribution < -0.4 is 10.6 Å². The molecule has 1 saturated carbocycles. The van der Waals surface area contributed by atoms with Crippen molar-refractivity contribution in [3.05, 3.63) is 46.1 Å². The van der Waals surface area contributed by atoms with E-state index < -0.39 is 11.7 Å². The summed E-state index contributed by atoms with van der Waals surface area (Å²) in [5.41, 5.74) is 1.84. The van der Waals surface area contributed by atoms with Crippen LogP contribution in [0.3, 0.4) is 0 Å². The molecule has 0 bridgehead atoms. The van der Waals surface area contributed by atoms with Crippen molar-refractivity contribution < 1.29 is 13.2 Å². The predicted octanol–water partition coefficient (Wildman–Crippen LogP) is 6.86. The van der Waals surface area contributed by atoms with Gasteiger partial charge in [0.05, 0.1) is 21.3 Å². The van der Waals surface area contributed by atoms with Gasteiger partial charge in [0.25, 0.3) is 0 Å². The van der Waals surface area contributed by atoms with E-state index >= 15 is 0 Å². The van der Waals surface area contributed by atoms with E-state index in [2.05, 4.69) is 25.5 Å². The van der Waals surface area contributed by atoms with E-state index in [4.69, 9.17) is 11.6 Å². The Hall–Kier alpha value is -2.01. The number of rotatable bonds is 6. The van der Waals surface area contributed by atoms with Crippen LogP contribution in [0.5, 0.6) is 0 Å². The zero-order valence-electron chi connectivity index (χ0n) is 17.9. The van der Waals surface area contributed by atoms with Gasteiger partial charge in [-0.2, -0.15) is 13.2 Å². The van der Waals surface area contributed by atoms with Crippen LogP contribution in [0.25, 0.3) is 10.6 Å². The van der Waals surface area contributed by atoms with Gasteiger partial charge in [0, 0.05) is 30.2 Å². The maximum atomic E-state index is 13.8. The highest BCUT2D eigenvalue weighted by Gasteiger charge is 2.36. The molecular formula is C22H21ClF3N5S2. The molecule has 0 spiro atoms.